The van der Waals surface area contributed by atoms with Crippen molar-refractivity contribution in [1.82, 2.24) is 20.5 Å². The molecule has 1 aliphatic heterocycles. The molecule has 5 N–H and O–H groups in total. The van der Waals surface area contributed by atoms with E-state index in [-0.39, 0.29) is 29.9 Å². The fraction of sp³-hybridized carbons (Fsp3) is 0.158. The Labute approximate surface area is 173 Å². The van der Waals surface area contributed by atoms with Gasteiger partial charge in [0.1, 0.15) is 5.75 Å². The molecule has 1 amide bonds. The number of carbonyl (C=O) groups is 1. The summed E-state index contributed by atoms with van der Waals surface area (Å²) in [7, 11) is 0. The molecule has 0 fully saturated rings. The molecule has 3 aromatic rings. The number of hydrogen-bond donors (Lipinski definition) is 4. The van der Waals surface area contributed by atoms with Crippen LogP contribution in [0.4, 0.5) is 24.8 Å². The number of H-pyrrole nitrogens is 1. The maximum Gasteiger partial charge on any atom is 0.416 e. The van der Waals surface area contributed by atoms with Gasteiger partial charge in [0.05, 0.1) is 12.0 Å². The Morgan fingerprint density at radius 1 is 1.16 bits per heavy atom. The number of nitrogens with two attached hydrogens (primary N) is 1. The number of hydrogen-bond acceptors (Lipinski definition) is 7. The minimum absolute atomic E-state index is 0.000305. The van der Waals surface area contributed by atoms with Gasteiger partial charge >= 0.3 is 6.18 Å². The molecular weight excluding hydrogens is 415 g/mol. The summed E-state index contributed by atoms with van der Waals surface area (Å²) in [5.74, 6) is 0.715. The van der Waals surface area contributed by atoms with Crippen molar-refractivity contribution in [2.24, 2.45) is 10.7 Å². The smallest absolute Gasteiger partial charge is 0.416 e. The normalized spacial score (nSPS) is 16.4. The molecule has 1 aromatic heterocycles. The minimum atomic E-state index is -4.44. The summed E-state index contributed by atoms with van der Waals surface area (Å²) < 4.78 is 44.2. The lowest BCUT2D eigenvalue weighted by atomic mass is 10.2. The number of nitrogens with zero attached hydrogens (tertiary/aromatic N) is 3. The van der Waals surface area contributed by atoms with Crippen LogP contribution in [0.25, 0.3) is 11.4 Å². The summed E-state index contributed by atoms with van der Waals surface area (Å²) in [5, 5.41) is 11.8. The van der Waals surface area contributed by atoms with Gasteiger partial charge in [-0.25, -0.2) is 4.99 Å². The second kappa shape index (κ2) is 7.97. The Morgan fingerprint density at radius 3 is 2.65 bits per heavy atom. The van der Waals surface area contributed by atoms with Gasteiger partial charge in [-0.1, -0.05) is 6.07 Å². The Bertz CT molecular complexity index is 1130. The van der Waals surface area contributed by atoms with Gasteiger partial charge in [0, 0.05) is 11.3 Å². The number of aromatic amines is 1. The summed E-state index contributed by atoms with van der Waals surface area (Å²) >= 11 is 0. The molecular formula is C19H16F3N7O2. The quantitative estimate of drug-likeness (QED) is 0.492. The largest absolute Gasteiger partial charge is 0.468 e. The molecule has 0 bridgehead atoms. The lowest BCUT2D eigenvalue weighted by Gasteiger charge is -2.19. The summed E-state index contributed by atoms with van der Waals surface area (Å²) in [6.07, 6.45) is -5.10. The van der Waals surface area contributed by atoms with Gasteiger partial charge in [0.2, 0.25) is 18.1 Å². The molecule has 1 unspecified atom stereocenters. The molecule has 2 aromatic carbocycles. The summed E-state index contributed by atoms with van der Waals surface area (Å²) in [4.78, 5) is 19.7. The van der Waals surface area contributed by atoms with E-state index >= 15 is 0 Å². The molecule has 0 spiro atoms. The first-order valence-electron chi connectivity index (χ1n) is 9.03. The number of amides is 1. The van der Waals surface area contributed by atoms with Crippen LogP contribution in [0.1, 0.15) is 12.0 Å². The zero-order valence-electron chi connectivity index (χ0n) is 15.8. The second-order valence-electron chi connectivity index (χ2n) is 6.57. The Morgan fingerprint density at radius 2 is 1.94 bits per heavy atom. The average molecular weight is 431 g/mol. The summed E-state index contributed by atoms with van der Waals surface area (Å²) in [6, 6.07) is 11.5. The lowest BCUT2D eigenvalue weighted by Crippen LogP contribution is -2.44. The SMILES string of the molecule is NC1=NC(Oc2ccc(-c3nc(Nc4cccc(C(F)(F)F)c4)n[nH]3)cc2)CC(=O)N1. The van der Waals surface area contributed by atoms with Gasteiger partial charge in [0.15, 0.2) is 11.8 Å². The van der Waals surface area contributed by atoms with Crippen molar-refractivity contribution in [2.75, 3.05) is 5.32 Å². The van der Waals surface area contributed by atoms with E-state index < -0.39 is 18.0 Å². The second-order valence-corrected chi connectivity index (χ2v) is 6.57. The van der Waals surface area contributed by atoms with E-state index in [9.17, 15) is 18.0 Å². The van der Waals surface area contributed by atoms with Crippen LogP contribution in [0.5, 0.6) is 5.75 Å². The standard InChI is InChI=1S/C19H16F3N7O2/c20-19(21,22)11-2-1-3-12(8-11)24-18-27-16(28-29-18)10-4-6-13(7-5-10)31-15-9-14(30)25-17(23)26-15/h1-8,15H,9H2,(H3,23,25,26,30)(H2,24,27,28,29). The van der Waals surface area contributed by atoms with E-state index in [0.717, 1.165) is 12.1 Å². The van der Waals surface area contributed by atoms with Crippen molar-refractivity contribution >= 4 is 23.5 Å². The molecule has 12 heteroatoms. The number of aliphatic imine (C=N–C) groups is 1. The first kappa shape index (κ1) is 20.2. The van der Waals surface area contributed by atoms with Gasteiger partial charge in [-0.2, -0.15) is 18.2 Å². The third-order valence-corrected chi connectivity index (χ3v) is 4.24. The monoisotopic (exact) mass is 431 g/mol. The molecule has 0 aliphatic carbocycles. The van der Waals surface area contributed by atoms with E-state index in [1.54, 1.807) is 24.3 Å². The van der Waals surface area contributed by atoms with Crippen molar-refractivity contribution in [3.8, 4) is 17.1 Å². The van der Waals surface area contributed by atoms with Crippen LogP contribution in [-0.2, 0) is 11.0 Å². The molecule has 9 nitrogen and oxygen atoms in total. The summed E-state index contributed by atoms with van der Waals surface area (Å²) in [5.41, 5.74) is 5.62. The topological polar surface area (TPSA) is 130 Å². The molecule has 1 aliphatic rings. The van der Waals surface area contributed by atoms with E-state index in [0.29, 0.717) is 17.1 Å². The third-order valence-electron chi connectivity index (χ3n) is 4.24. The van der Waals surface area contributed by atoms with Gasteiger partial charge < -0.3 is 15.8 Å². The van der Waals surface area contributed by atoms with Crippen molar-refractivity contribution in [3.63, 3.8) is 0 Å². The van der Waals surface area contributed by atoms with Crippen molar-refractivity contribution < 1.29 is 22.7 Å². The number of rotatable bonds is 5. The third kappa shape index (κ3) is 4.91. The van der Waals surface area contributed by atoms with E-state index in [4.69, 9.17) is 10.5 Å². The number of aromatic nitrogens is 3. The molecule has 0 saturated carbocycles. The van der Waals surface area contributed by atoms with Crippen molar-refractivity contribution in [3.05, 3.63) is 54.1 Å². The molecule has 160 valence electrons. The zero-order valence-corrected chi connectivity index (χ0v) is 15.8. The van der Waals surface area contributed by atoms with Crippen molar-refractivity contribution in [1.29, 1.82) is 0 Å². The highest BCUT2D eigenvalue weighted by Crippen LogP contribution is 2.31. The highest BCUT2D eigenvalue weighted by molar-refractivity contribution is 5.98. The molecule has 0 radical (unpaired) electrons. The number of benzene rings is 2. The summed E-state index contributed by atoms with van der Waals surface area (Å²) in [6.45, 7) is 0. The maximum atomic E-state index is 12.8. The van der Waals surface area contributed by atoms with Crippen LogP contribution in [0.2, 0.25) is 0 Å². The number of guanidine groups is 1. The Kier molecular flexibility index (Phi) is 5.19. The first-order valence-corrected chi connectivity index (χ1v) is 9.03. The fourth-order valence-electron chi connectivity index (χ4n) is 2.85. The predicted octanol–water partition coefficient (Wildman–Crippen LogP) is 2.77. The molecule has 1 atom stereocenters. The van der Waals surface area contributed by atoms with Crippen LogP contribution in [0.3, 0.4) is 0 Å². The van der Waals surface area contributed by atoms with E-state index in [1.165, 1.54) is 12.1 Å². The van der Waals surface area contributed by atoms with E-state index in [2.05, 4.69) is 30.8 Å². The molecule has 31 heavy (non-hydrogen) atoms. The molecule has 4 rings (SSSR count). The van der Waals surface area contributed by atoms with Gasteiger partial charge in [-0.05, 0) is 42.5 Å². The van der Waals surface area contributed by atoms with Gasteiger partial charge in [-0.15, -0.1) is 5.10 Å². The predicted molar refractivity (Wildman–Crippen MR) is 105 cm³/mol. The highest BCUT2D eigenvalue weighted by Gasteiger charge is 2.30. The Hall–Kier alpha value is -4.09. The average Bonchev–Trinajstić information content (AvgIpc) is 3.16. The lowest BCUT2D eigenvalue weighted by molar-refractivity contribution is -0.137. The number of anilines is 2. The van der Waals surface area contributed by atoms with Crippen LogP contribution in [0, 0.1) is 0 Å². The highest BCUT2D eigenvalue weighted by atomic mass is 19.4. The van der Waals surface area contributed by atoms with Crippen LogP contribution >= 0.6 is 0 Å². The zero-order chi connectivity index (χ0) is 22.0. The van der Waals surface area contributed by atoms with Gasteiger partial charge in [-0.3, -0.25) is 15.2 Å². The van der Waals surface area contributed by atoms with Crippen LogP contribution < -0.4 is 21.1 Å². The maximum absolute atomic E-state index is 12.8. The number of ether oxygens (including phenoxy) is 1. The van der Waals surface area contributed by atoms with E-state index in [1.807, 2.05) is 0 Å². The van der Waals surface area contributed by atoms with Crippen LogP contribution in [0.15, 0.2) is 53.5 Å². The molecule has 2 heterocycles. The Balaban J connectivity index is 1.43. The fourth-order valence-corrected chi connectivity index (χ4v) is 2.85. The number of halogens is 3. The number of alkyl halides is 3. The number of nitrogens with one attached hydrogen (secondary N) is 3. The number of carbonyl (C=O) groups excluding carboxylic acids is 1. The minimum Gasteiger partial charge on any atom is -0.468 e. The van der Waals surface area contributed by atoms with Crippen molar-refractivity contribution in [2.45, 2.75) is 18.8 Å². The first-order chi connectivity index (χ1) is 14.8. The molecule has 0 saturated heterocycles. The van der Waals surface area contributed by atoms with Crippen LogP contribution in [-0.4, -0.2) is 33.3 Å². The van der Waals surface area contributed by atoms with Gasteiger partial charge in [0.25, 0.3) is 0 Å².